The van der Waals surface area contributed by atoms with Crippen molar-refractivity contribution in [2.24, 2.45) is 0 Å². The quantitative estimate of drug-likeness (QED) is 0.437. The first kappa shape index (κ1) is 20.9. The molecule has 0 saturated carbocycles. The van der Waals surface area contributed by atoms with Gasteiger partial charge in [-0.25, -0.2) is 0 Å². The van der Waals surface area contributed by atoms with Gasteiger partial charge in [-0.15, -0.1) is 0 Å². The number of benzene rings is 2. The monoisotopic (exact) mass is 417 g/mol. The zero-order valence-corrected chi connectivity index (χ0v) is 18.0. The summed E-state index contributed by atoms with van der Waals surface area (Å²) < 4.78 is 0. The summed E-state index contributed by atoms with van der Waals surface area (Å²) >= 11 is 3.66. The number of hydrogen-bond acceptors (Lipinski definition) is 2. The van der Waals surface area contributed by atoms with Crippen molar-refractivity contribution in [1.29, 1.82) is 0 Å². The molecule has 0 atom stereocenters. The minimum absolute atomic E-state index is 0.912. The third kappa shape index (κ3) is 4.65. The molecule has 0 N–H and O–H groups in total. The van der Waals surface area contributed by atoms with Gasteiger partial charge in [-0.1, -0.05) is 35.4 Å². The molecular formula is C22H27ClCuN2. The molecule has 143 valence electrons. The van der Waals surface area contributed by atoms with E-state index in [1.807, 2.05) is 0 Å². The summed E-state index contributed by atoms with van der Waals surface area (Å²) in [5.74, 6) is 0. The molecule has 1 heterocycles. The molecule has 26 heavy (non-hydrogen) atoms. The fourth-order valence-electron chi connectivity index (χ4n) is 3.84. The minimum atomic E-state index is 0.912. The normalized spacial score (nSPS) is 13.1. The molecular weight excluding hydrogens is 391 g/mol. The number of hydrogen-bond donors (Lipinski definition) is 0. The van der Waals surface area contributed by atoms with Crippen molar-refractivity contribution in [3.05, 3.63) is 82.3 Å². The molecule has 0 radical (unpaired) electrons. The Morgan fingerprint density at radius 3 is 1.73 bits per heavy atom. The molecule has 0 aliphatic carbocycles. The van der Waals surface area contributed by atoms with Gasteiger partial charge in [0.2, 0.25) is 0 Å². The average molecular weight is 418 g/mol. The van der Waals surface area contributed by atoms with E-state index in [1.165, 1.54) is 44.6 Å². The Hall–Kier alpha value is -1.41. The summed E-state index contributed by atoms with van der Waals surface area (Å²) in [5, 5.41) is 0. The van der Waals surface area contributed by atoms with Crippen LogP contribution < -0.4 is 4.90 Å². The summed E-state index contributed by atoms with van der Waals surface area (Å²) in [5.41, 5.74) is 10.7. The van der Waals surface area contributed by atoms with Gasteiger partial charge in [-0.05, 0) is 81.8 Å². The van der Waals surface area contributed by atoms with Crippen molar-refractivity contribution in [3.63, 3.8) is 0 Å². The zero-order chi connectivity index (χ0) is 19.4. The molecule has 2 aromatic rings. The molecule has 0 spiro atoms. The van der Waals surface area contributed by atoms with Crippen LogP contribution in [0.3, 0.4) is 0 Å². The van der Waals surface area contributed by atoms with Crippen molar-refractivity contribution >= 4 is 15.8 Å². The Balaban J connectivity index is 0.00000117. The predicted molar refractivity (Wildman–Crippen MR) is 109 cm³/mol. The van der Waals surface area contributed by atoms with Gasteiger partial charge in [0.15, 0.2) is 0 Å². The average Bonchev–Trinajstić information content (AvgIpc) is 3.00. The summed E-state index contributed by atoms with van der Waals surface area (Å²) in [7, 11) is 4.20. The molecule has 2 aromatic carbocycles. The SMILES string of the molecule is Cc1cc(C)c(CN2C=CN(c3c(C)cc(C)cc3C)[CH-]2)c(C)c1.[Cl][Cu+]. The van der Waals surface area contributed by atoms with E-state index >= 15 is 0 Å². The van der Waals surface area contributed by atoms with Gasteiger partial charge < -0.3 is 9.80 Å². The first-order valence-corrected chi connectivity index (χ1v) is 9.98. The second-order valence-corrected chi connectivity index (χ2v) is 7.12. The van der Waals surface area contributed by atoms with Crippen LogP contribution in [0.4, 0.5) is 5.69 Å². The Kier molecular flexibility index (Phi) is 7.23. The van der Waals surface area contributed by atoms with Crippen LogP contribution in [-0.2, 0) is 21.6 Å². The van der Waals surface area contributed by atoms with Gasteiger partial charge in [-0.2, -0.15) is 6.67 Å². The molecule has 0 fully saturated rings. The predicted octanol–water partition coefficient (Wildman–Crippen LogP) is 6.14. The van der Waals surface area contributed by atoms with Gasteiger partial charge in [0.25, 0.3) is 0 Å². The molecule has 0 amide bonds. The van der Waals surface area contributed by atoms with Crippen LogP contribution in [0.25, 0.3) is 0 Å². The van der Waals surface area contributed by atoms with Gasteiger partial charge in [0.05, 0.1) is 0 Å². The molecule has 3 rings (SSSR count). The molecule has 0 saturated heterocycles. The number of nitrogens with zero attached hydrogens (tertiary/aromatic N) is 2. The topological polar surface area (TPSA) is 6.48 Å². The summed E-state index contributed by atoms with van der Waals surface area (Å²) in [4.78, 5) is 4.51. The van der Waals surface area contributed by atoms with Crippen LogP contribution in [-0.4, -0.2) is 4.90 Å². The van der Waals surface area contributed by atoms with Gasteiger partial charge >= 0.3 is 25.2 Å². The van der Waals surface area contributed by atoms with E-state index in [2.05, 4.69) is 120 Å². The summed E-state index contributed by atoms with van der Waals surface area (Å²) in [6.45, 7) is 16.2. The van der Waals surface area contributed by atoms with Crippen LogP contribution in [0.15, 0.2) is 36.7 Å². The van der Waals surface area contributed by atoms with E-state index in [-0.39, 0.29) is 0 Å². The fourth-order valence-corrected chi connectivity index (χ4v) is 3.84. The van der Waals surface area contributed by atoms with E-state index in [4.69, 9.17) is 0 Å². The standard InChI is InChI=1S/C22H27N2.ClH.Cu/c1-15-9-17(3)21(18(4)10-15)13-23-7-8-24(14-23)22-19(5)11-16(2)12-20(22)6;;/h7-12,14H,13H2,1-6H3;1H;/q-1;;+2/p-1. The second kappa shape index (κ2) is 8.99. The van der Waals surface area contributed by atoms with E-state index in [9.17, 15) is 0 Å². The Bertz CT molecular complexity index is 768. The van der Waals surface area contributed by atoms with E-state index in [0.29, 0.717) is 0 Å². The van der Waals surface area contributed by atoms with Crippen LogP contribution in [0.5, 0.6) is 0 Å². The molecule has 4 heteroatoms. The van der Waals surface area contributed by atoms with Crippen molar-refractivity contribution < 1.29 is 15.1 Å². The van der Waals surface area contributed by atoms with E-state index < -0.39 is 0 Å². The van der Waals surface area contributed by atoms with Crippen molar-refractivity contribution in [2.45, 2.75) is 48.1 Å². The molecule has 0 bridgehead atoms. The van der Waals surface area contributed by atoms with Gasteiger partial charge in [0, 0.05) is 12.2 Å². The van der Waals surface area contributed by atoms with Crippen molar-refractivity contribution in [3.8, 4) is 0 Å². The maximum absolute atomic E-state index is 4.20. The molecule has 0 aromatic heterocycles. The fraction of sp³-hybridized carbons (Fsp3) is 0.318. The molecule has 2 nitrogen and oxygen atoms in total. The third-order valence-electron chi connectivity index (χ3n) is 4.77. The number of anilines is 1. The number of rotatable bonds is 3. The number of halogens is 1. The molecule has 1 aliphatic rings. The first-order valence-electron chi connectivity index (χ1n) is 8.68. The Labute approximate surface area is 170 Å². The first-order chi connectivity index (χ1) is 12.3. The van der Waals surface area contributed by atoms with Crippen molar-refractivity contribution in [2.75, 3.05) is 4.90 Å². The number of aryl methyl sites for hydroxylation is 6. The Morgan fingerprint density at radius 2 is 1.23 bits per heavy atom. The molecule has 1 aliphatic heterocycles. The summed E-state index contributed by atoms with van der Waals surface area (Å²) in [6.07, 6.45) is 4.32. The Morgan fingerprint density at radius 1 is 0.769 bits per heavy atom. The zero-order valence-electron chi connectivity index (χ0n) is 16.3. The van der Waals surface area contributed by atoms with Crippen LogP contribution in [0.1, 0.15) is 38.9 Å². The van der Waals surface area contributed by atoms with Gasteiger partial charge in [-0.3, -0.25) is 0 Å². The summed E-state index contributed by atoms with van der Waals surface area (Å²) in [6, 6.07) is 9.05. The van der Waals surface area contributed by atoms with E-state index in [1.54, 1.807) is 0 Å². The van der Waals surface area contributed by atoms with Crippen LogP contribution in [0, 0.1) is 48.2 Å². The van der Waals surface area contributed by atoms with Crippen LogP contribution >= 0.6 is 10.1 Å². The molecule has 0 unspecified atom stereocenters. The van der Waals surface area contributed by atoms with Gasteiger partial charge in [0.1, 0.15) is 0 Å². The second-order valence-electron chi connectivity index (χ2n) is 7.12. The van der Waals surface area contributed by atoms with E-state index in [0.717, 1.165) is 6.54 Å². The van der Waals surface area contributed by atoms with Crippen molar-refractivity contribution in [1.82, 2.24) is 4.90 Å². The van der Waals surface area contributed by atoms with Crippen LogP contribution in [0.2, 0.25) is 0 Å². The maximum atomic E-state index is 4.20. The third-order valence-corrected chi connectivity index (χ3v) is 4.77.